The molecule has 3 heterocycles. The molecule has 4 N–H and O–H groups in total. The SMILES string of the molecule is CC1(C)CCNc2cc(N(C(=O)[C@H]3C[C@@](C)(O)CN3)C(C(=O)NC3CCC(F)(F)CC3)c3cncc(F)c3)ccc21. The van der Waals surface area contributed by atoms with E-state index in [1.54, 1.807) is 13.0 Å². The molecule has 1 saturated heterocycles. The lowest BCUT2D eigenvalue weighted by Crippen LogP contribution is -2.52. The number of halogens is 3. The number of alkyl halides is 2. The Labute approximate surface area is 238 Å². The molecule has 2 aliphatic heterocycles. The number of β-amino-alcohol motifs (C(OH)–C–C–N with tert-alkyl or cyclic N) is 1. The first kappa shape index (κ1) is 29.3. The minimum absolute atomic E-state index is 0.0890. The van der Waals surface area contributed by atoms with Gasteiger partial charge in [-0.25, -0.2) is 13.2 Å². The molecule has 0 radical (unpaired) electrons. The van der Waals surface area contributed by atoms with Gasteiger partial charge in [-0.05, 0) is 55.4 Å². The van der Waals surface area contributed by atoms with E-state index < -0.39 is 47.3 Å². The zero-order valence-corrected chi connectivity index (χ0v) is 23.6. The summed E-state index contributed by atoms with van der Waals surface area (Å²) in [6.45, 7) is 6.83. The summed E-state index contributed by atoms with van der Waals surface area (Å²) in [7, 11) is 0. The molecule has 1 aromatic carbocycles. The van der Waals surface area contributed by atoms with Gasteiger partial charge >= 0.3 is 0 Å². The van der Waals surface area contributed by atoms with Crippen LogP contribution in [0.1, 0.15) is 76.5 Å². The van der Waals surface area contributed by atoms with Gasteiger partial charge in [0.1, 0.15) is 11.9 Å². The van der Waals surface area contributed by atoms with E-state index in [9.17, 15) is 27.9 Å². The number of hydrogen-bond acceptors (Lipinski definition) is 6. The van der Waals surface area contributed by atoms with Gasteiger partial charge in [-0.3, -0.25) is 19.5 Å². The van der Waals surface area contributed by atoms with E-state index in [0.29, 0.717) is 5.69 Å². The Morgan fingerprint density at radius 2 is 1.85 bits per heavy atom. The monoisotopic (exact) mass is 573 g/mol. The number of amides is 2. The minimum Gasteiger partial charge on any atom is -0.389 e. The topological polar surface area (TPSA) is 107 Å². The van der Waals surface area contributed by atoms with Crippen molar-refractivity contribution < 1.29 is 27.9 Å². The molecule has 1 unspecified atom stereocenters. The Morgan fingerprint density at radius 3 is 2.51 bits per heavy atom. The highest BCUT2D eigenvalue weighted by Crippen LogP contribution is 2.41. The number of nitrogens with one attached hydrogen (secondary N) is 3. The molecule has 1 aromatic heterocycles. The molecule has 3 atom stereocenters. The Balaban J connectivity index is 1.57. The van der Waals surface area contributed by atoms with Gasteiger partial charge in [0.2, 0.25) is 17.7 Å². The highest BCUT2D eigenvalue weighted by molar-refractivity contribution is 6.04. The van der Waals surface area contributed by atoms with Crippen molar-refractivity contribution in [3.63, 3.8) is 0 Å². The summed E-state index contributed by atoms with van der Waals surface area (Å²) < 4.78 is 42.1. The second-order valence-corrected chi connectivity index (χ2v) is 12.6. The summed E-state index contributed by atoms with van der Waals surface area (Å²) in [5.41, 5.74) is 1.22. The number of benzene rings is 1. The average Bonchev–Trinajstić information content (AvgIpc) is 3.27. The van der Waals surface area contributed by atoms with E-state index in [-0.39, 0.29) is 49.6 Å². The predicted octanol–water partition coefficient (Wildman–Crippen LogP) is 4.20. The van der Waals surface area contributed by atoms with Crippen LogP contribution in [-0.2, 0) is 15.0 Å². The Hall–Kier alpha value is -3.18. The molecule has 11 heteroatoms. The standard InChI is InChI=1S/C30H38F3N5O3/c1-28(2)10-11-35-23-13-21(4-5-22(23)28)38(27(40)24-14-29(3,41)17-36-24)25(18-12-19(31)16-34-15-18)26(39)37-20-6-8-30(32,33)9-7-20/h4-5,12-13,15-16,20,24-25,35-36,41H,6-11,14,17H2,1-3H3,(H,37,39)/t24-,25?,29-/m1/s1. The Kier molecular flexibility index (Phi) is 7.80. The van der Waals surface area contributed by atoms with Crippen LogP contribution in [-0.4, -0.2) is 58.6 Å². The fourth-order valence-electron chi connectivity index (χ4n) is 6.20. The van der Waals surface area contributed by atoms with Crippen LogP contribution >= 0.6 is 0 Å². The summed E-state index contributed by atoms with van der Waals surface area (Å²) in [6.07, 6.45) is 2.86. The lowest BCUT2D eigenvalue weighted by Gasteiger charge is -2.37. The maximum atomic E-state index is 14.5. The number of carbonyl (C=O) groups is 2. The van der Waals surface area contributed by atoms with Crippen molar-refractivity contribution in [2.24, 2.45) is 0 Å². The second kappa shape index (κ2) is 10.9. The van der Waals surface area contributed by atoms with E-state index in [4.69, 9.17) is 0 Å². The first-order chi connectivity index (χ1) is 19.2. The molecule has 2 aromatic rings. The van der Waals surface area contributed by atoms with Gasteiger partial charge in [0, 0.05) is 61.5 Å². The van der Waals surface area contributed by atoms with Crippen molar-refractivity contribution in [2.45, 2.75) is 94.4 Å². The largest absolute Gasteiger partial charge is 0.389 e. The highest BCUT2D eigenvalue weighted by Gasteiger charge is 2.44. The third kappa shape index (κ3) is 6.35. The molecule has 0 bridgehead atoms. The van der Waals surface area contributed by atoms with Crippen molar-refractivity contribution in [3.8, 4) is 0 Å². The van der Waals surface area contributed by atoms with E-state index >= 15 is 0 Å². The molecule has 3 aliphatic rings. The van der Waals surface area contributed by atoms with Crippen LogP contribution in [0.15, 0.2) is 36.7 Å². The average molecular weight is 574 g/mol. The fraction of sp³-hybridized carbons (Fsp3) is 0.567. The molecule has 5 rings (SSSR count). The van der Waals surface area contributed by atoms with E-state index in [0.717, 1.165) is 36.5 Å². The van der Waals surface area contributed by atoms with Crippen molar-refractivity contribution in [1.82, 2.24) is 15.6 Å². The number of carbonyl (C=O) groups excluding carboxylic acids is 2. The number of rotatable bonds is 6. The predicted molar refractivity (Wildman–Crippen MR) is 149 cm³/mol. The maximum absolute atomic E-state index is 14.5. The summed E-state index contributed by atoms with van der Waals surface area (Å²) in [5.74, 6) is -4.54. The molecular weight excluding hydrogens is 535 g/mol. The third-order valence-corrected chi connectivity index (χ3v) is 8.60. The number of anilines is 2. The molecule has 0 spiro atoms. The summed E-state index contributed by atoms with van der Waals surface area (Å²) >= 11 is 0. The lowest BCUT2D eigenvalue weighted by molar-refractivity contribution is -0.128. The third-order valence-electron chi connectivity index (χ3n) is 8.60. The van der Waals surface area contributed by atoms with Gasteiger partial charge in [0.05, 0.1) is 17.8 Å². The van der Waals surface area contributed by atoms with Crippen LogP contribution in [0, 0.1) is 5.82 Å². The van der Waals surface area contributed by atoms with Gasteiger partial charge in [-0.15, -0.1) is 0 Å². The van der Waals surface area contributed by atoms with Gasteiger partial charge in [0.25, 0.3) is 0 Å². The van der Waals surface area contributed by atoms with E-state index in [2.05, 4.69) is 34.8 Å². The first-order valence-corrected chi connectivity index (χ1v) is 14.2. The summed E-state index contributed by atoms with van der Waals surface area (Å²) in [4.78, 5) is 33.5. The molecular formula is C30H38F3N5O3. The highest BCUT2D eigenvalue weighted by atomic mass is 19.3. The number of nitrogens with zero attached hydrogens (tertiary/aromatic N) is 2. The minimum atomic E-state index is -2.77. The van der Waals surface area contributed by atoms with Crippen LogP contribution in [0.2, 0.25) is 0 Å². The maximum Gasteiger partial charge on any atom is 0.248 e. The molecule has 1 aliphatic carbocycles. The lowest BCUT2D eigenvalue weighted by atomic mass is 9.78. The van der Waals surface area contributed by atoms with E-state index in [1.807, 2.05) is 12.1 Å². The second-order valence-electron chi connectivity index (χ2n) is 12.6. The molecule has 41 heavy (non-hydrogen) atoms. The quantitative estimate of drug-likeness (QED) is 0.413. The zero-order valence-electron chi connectivity index (χ0n) is 23.6. The number of aliphatic hydroxyl groups is 1. The molecule has 222 valence electrons. The Bertz CT molecular complexity index is 1310. The summed E-state index contributed by atoms with van der Waals surface area (Å²) in [6, 6.07) is 4.01. The Morgan fingerprint density at radius 1 is 1.12 bits per heavy atom. The molecule has 8 nitrogen and oxygen atoms in total. The first-order valence-electron chi connectivity index (χ1n) is 14.2. The van der Waals surface area contributed by atoms with Gasteiger partial charge < -0.3 is 21.1 Å². The van der Waals surface area contributed by atoms with Crippen LogP contribution < -0.4 is 20.9 Å². The normalized spacial score (nSPS) is 26.0. The summed E-state index contributed by atoms with van der Waals surface area (Å²) in [5, 5.41) is 19.9. The number of pyridine rings is 1. The van der Waals surface area contributed by atoms with Crippen LogP contribution in [0.25, 0.3) is 0 Å². The smallest absolute Gasteiger partial charge is 0.248 e. The van der Waals surface area contributed by atoms with Gasteiger partial charge in [-0.2, -0.15) is 0 Å². The van der Waals surface area contributed by atoms with E-state index in [1.165, 1.54) is 11.1 Å². The number of aromatic nitrogens is 1. The number of hydrogen-bond donors (Lipinski definition) is 4. The van der Waals surface area contributed by atoms with Crippen LogP contribution in [0.5, 0.6) is 0 Å². The van der Waals surface area contributed by atoms with Gasteiger partial charge in [0.15, 0.2) is 0 Å². The van der Waals surface area contributed by atoms with Gasteiger partial charge in [-0.1, -0.05) is 19.9 Å². The van der Waals surface area contributed by atoms with Crippen LogP contribution in [0.4, 0.5) is 24.5 Å². The van der Waals surface area contributed by atoms with Crippen molar-refractivity contribution in [1.29, 1.82) is 0 Å². The fourth-order valence-corrected chi connectivity index (χ4v) is 6.20. The molecule has 2 amide bonds. The number of fused-ring (bicyclic) bond motifs is 1. The molecule has 2 fully saturated rings. The van der Waals surface area contributed by atoms with Crippen molar-refractivity contribution in [3.05, 3.63) is 53.6 Å². The molecule has 1 saturated carbocycles. The van der Waals surface area contributed by atoms with Crippen molar-refractivity contribution >= 4 is 23.2 Å². The zero-order chi connectivity index (χ0) is 29.6. The van der Waals surface area contributed by atoms with Crippen LogP contribution in [0.3, 0.4) is 0 Å². The van der Waals surface area contributed by atoms with Crippen molar-refractivity contribution in [2.75, 3.05) is 23.3 Å².